The number of hydrogen-bond donors (Lipinski definition) is 1. The molecule has 2 rings (SSSR count). The number of likely N-dealkylation sites (tertiary alicyclic amines) is 1. The van der Waals surface area contributed by atoms with Gasteiger partial charge in [-0.05, 0) is 38.1 Å². The van der Waals surface area contributed by atoms with Crippen LogP contribution in [0.2, 0.25) is 5.02 Å². The van der Waals surface area contributed by atoms with E-state index in [0.29, 0.717) is 16.6 Å². The minimum atomic E-state index is 0.0859. The molecule has 92 valence electrons. The molecule has 1 atom stereocenters. The molecule has 1 aromatic rings. The van der Waals surface area contributed by atoms with Gasteiger partial charge in [0.1, 0.15) is 0 Å². The molecule has 1 N–H and O–H groups in total. The second-order valence-electron chi connectivity index (χ2n) is 4.48. The average Bonchev–Trinajstić information content (AvgIpc) is 2.80. The number of amides is 1. The highest BCUT2D eigenvalue weighted by Gasteiger charge is 2.26. The van der Waals surface area contributed by atoms with E-state index >= 15 is 0 Å². The van der Waals surface area contributed by atoms with Crippen molar-refractivity contribution in [2.45, 2.75) is 19.4 Å². The lowest BCUT2D eigenvalue weighted by molar-refractivity contribution is 0.0789. The summed E-state index contributed by atoms with van der Waals surface area (Å²) in [6.45, 7) is 3.53. The van der Waals surface area contributed by atoms with Crippen molar-refractivity contribution in [2.24, 2.45) is 0 Å². The van der Waals surface area contributed by atoms with Gasteiger partial charge in [0.15, 0.2) is 0 Å². The van der Waals surface area contributed by atoms with Crippen LogP contribution < -0.4 is 5.32 Å². The molecule has 0 radical (unpaired) electrons. The van der Waals surface area contributed by atoms with E-state index in [4.69, 9.17) is 11.6 Å². The summed E-state index contributed by atoms with van der Waals surface area (Å²) >= 11 is 5.94. The van der Waals surface area contributed by atoms with Crippen LogP contribution in [0.3, 0.4) is 0 Å². The van der Waals surface area contributed by atoms with Gasteiger partial charge in [-0.2, -0.15) is 0 Å². The summed E-state index contributed by atoms with van der Waals surface area (Å²) in [6, 6.07) is 5.87. The zero-order valence-corrected chi connectivity index (χ0v) is 10.9. The van der Waals surface area contributed by atoms with E-state index in [1.165, 1.54) is 0 Å². The maximum atomic E-state index is 12.3. The molecular formula is C13H17ClN2O. The zero-order chi connectivity index (χ0) is 12.4. The summed E-state index contributed by atoms with van der Waals surface area (Å²) in [4.78, 5) is 14.2. The number of likely N-dealkylation sites (N-methyl/N-ethyl adjacent to an activating group) is 1. The molecule has 1 fully saturated rings. The van der Waals surface area contributed by atoms with Gasteiger partial charge >= 0.3 is 0 Å². The van der Waals surface area contributed by atoms with Crippen LogP contribution in [-0.2, 0) is 0 Å². The molecule has 1 aliphatic rings. The number of rotatable bonds is 2. The van der Waals surface area contributed by atoms with E-state index in [2.05, 4.69) is 5.32 Å². The van der Waals surface area contributed by atoms with Crippen molar-refractivity contribution in [3.8, 4) is 0 Å². The zero-order valence-electron chi connectivity index (χ0n) is 10.2. The number of halogens is 1. The Morgan fingerprint density at radius 3 is 2.94 bits per heavy atom. The Morgan fingerprint density at radius 2 is 2.29 bits per heavy atom. The lowest BCUT2D eigenvalue weighted by Gasteiger charge is -2.17. The highest BCUT2D eigenvalue weighted by Crippen LogP contribution is 2.19. The fraction of sp³-hybridized carbons (Fsp3) is 0.462. The highest BCUT2D eigenvalue weighted by atomic mass is 35.5. The Bertz CT molecular complexity index is 433. The van der Waals surface area contributed by atoms with Crippen LogP contribution in [0.5, 0.6) is 0 Å². The normalized spacial score (nSPS) is 19.7. The van der Waals surface area contributed by atoms with Gasteiger partial charge in [-0.25, -0.2) is 0 Å². The third-order valence-electron chi connectivity index (χ3n) is 3.31. The number of nitrogens with one attached hydrogen (secondary N) is 1. The fourth-order valence-corrected chi connectivity index (χ4v) is 2.35. The number of carbonyl (C=O) groups excluding carboxylic acids is 1. The van der Waals surface area contributed by atoms with Crippen LogP contribution in [0.15, 0.2) is 18.2 Å². The minimum Gasteiger partial charge on any atom is -0.337 e. The number of hydrogen-bond acceptors (Lipinski definition) is 2. The first kappa shape index (κ1) is 12.4. The van der Waals surface area contributed by atoms with E-state index in [0.717, 1.165) is 25.1 Å². The topological polar surface area (TPSA) is 32.3 Å². The predicted molar refractivity (Wildman–Crippen MR) is 69.6 cm³/mol. The Balaban J connectivity index is 2.17. The third-order valence-corrected chi connectivity index (χ3v) is 3.55. The van der Waals surface area contributed by atoms with Crippen LogP contribution >= 0.6 is 11.6 Å². The van der Waals surface area contributed by atoms with E-state index in [1.54, 1.807) is 6.07 Å². The number of carbonyl (C=O) groups is 1. The maximum Gasteiger partial charge on any atom is 0.254 e. The van der Waals surface area contributed by atoms with Crippen molar-refractivity contribution in [1.82, 2.24) is 10.2 Å². The first-order chi connectivity index (χ1) is 8.11. The minimum absolute atomic E-state index is 0.0859. The molecule has 0 aromatic heterocycles. The molecule has 1 aliphatic heterocycles. The maximum absolute atomic E-state index is 12.3. The SMILES string of the molecule is CNC1CCN(C(=O)c2cc(Cl)ccc2C)C1. The second-order valence-corrected chi connectivity index (χ2v) is 4.92. The summed E-state index contributed by atoms with van der Waals surface area (Å²) in [5.41, 5.74) is 1.70. The molecule has 1 aromatic carbocycles. The van der Waals surface area contributed by atoms with Gasteiger partial charge in [0.05, 0.1) is 0 Å². The Labute approximate surface area is 107 Å². The first-order valence-electron chi connectivity index (χ1n) is 5.84. The van der Waals surface area contributed by atoms with Gasteiger partial charge in [-0.3, -0.25) is 4.79 Å². The number of benzene rings is 1. The third kappa shape index (κ3) is 2.61. The lowest BCUT2D eigenvalue weighted by atomic mass is 10.1. The lowest BCUT2D eigenvalue weighted by Crippen LogP contribution is -2.33. The predicted octanol–water partition coefficient (Wildman–Crippen LogP) is 2.08. The van der Waals surface area contributed by atoms with Crippen LogP contribution in [0.4, 0.5) is 0 Å². The van der Waals surface area contributed by atoms with Gasteiger partial charge in [0.25, 0.3) is 5.91 Å². The molecule has 0 aliphatic carbocycles. The molecule has 1 heterocycles. The Morgan fingerprint density at radius 1 is 1.53 bits per heavy atom. The molecular weight excluding hydrogens is 236 g/mol. The molecule has 1 amide bonds. The van der Waals surface area contributed by atoms with E-state index in [1.807, 2.05) is 31.0 Å². The standard InChI is InChI=1S/C13H17ClN2O/c1-9-3-4-10(14)7-12(9)13(17)16-6-5-11(8-16)15-2/h3-4,7,11,15H,5-6,8H2,1-2H3. The van der Waals surface area contributed by atoms with Crippen molar-refractivity contribution in [3.63, 3.8) is 0 Å². The number of aryl methyl sites for hydroxylation is 1. The summed E-state index contributed by atoms with van der Waals surface area (Å²) < 4.78 is 0. The molecule has 1 unspecified atom stereocenters. The van der Waals surface area contributed by atoms with Crippen LogP contribution in [0, 0.1) is 6.92 Å². The molecule has 4 heteroatoms. The van der Waals surface area contributed by atoms with Gasteiger partial charge in [-0.1, -0.05) is 17.7 Å². The van der Waals surface area contributed by atoms with Gasteiger partial charge < -0.3 is 10.2 Å². The van der Waals surface area contributed by atoms with Crippen molar-refractivity contribution in [2.75, 3.05) is 20.1 Å². The van der Waals surface area contributed by atoms with Crippen molar-refractivity contribution in [3.05, 3.63) is 34.3 Å². The number of nitrogens with zero attached hydrogens (tertiary/aromatic N) is 1. The summed E-state index contributed by atoms with van der Waals surface area (Å²) in [5.74, 6) is 0.0859. The van der Waals surface area contributed by atoms with Crippen molar-refractivity contribution in [1.29, 1.82) is 0 Å². The summed E-state index contributed by atoms with van der Waals surface area (Å²) in [6.07, 6.45) is 1.02. The van der Waals surface area contributed by atoms with Gasteiger partial charge in [0, 0.05) is 29.7 Å². The highest BCUT2D eigenvalue weighted by molar-refractivity contribution is 6.31. The summed E-state index contributed by atoms with van der Waals surface area (Å²) in [5, 5.41) is 3.82. The molecule has 0 bridgehead atoms. The largest absolute Gasteiger partial charge is 0.337 e. The van der Waals surface area contributed by atoms with Crippen molar-refractivity contribution < 1.29 is 4.79 Å². The van der Waals surface area contributed by atoms with Crippen molar-refractivity contribution >= 4 is 17.5 Å². The van der Waals surface area contributed by atoms with E-state index < -0.39 is 0 Å². The second kappa shape index (κ2) is 5.07. The van der Waals surface area contributed by atoms with Gasteiger partial charge in [0.2, 0.25) is 0 Å². The first-order valence-corrected chi connectivity index (χ1v) is 6.22. The van der Waals surface area contributed by atoms with Crippen LogP contribution in [0.1, 0.15) is 22.3 Å². The van der Waals surface area contributed by atoms with Crippen LogP contribution in [-0.4, -0.2) is 37.0 Å². The van der Waals surface area contributed by atoms with E-state index in [-0.39, 0.29) is 5.91 Å². The van der Waals surface area contributed by atoms with E-state index in [9.17, 15) is 4.79 Å². The Kier molecular flexibility index (Phi) is 3.69. The summed E-state index contributed by atoms with van der Waals surface area (Å²) in [7, 11) is 1.93. The quantitative estimate of drug-likeness (QED) is 0.874. The monoisotopic (exact) mass is 252 g/mol. The van der Waals surface area contributed by atoms with Crippen LogP contribution in [0.25, 0.3) is 0 Å². The molecule has 3 nitrogen and oxygen atoms in total. The smallest absolute Gasteiger partial charge is 0.254 e. The molecule has 1 saturated heterocycles. The van der Waals surface area contributed by atoms with Gasteiger partial charge in [-0.15, -0.1) is 0 Å². The fourth-order valence-electron chi connectivity index (χ4n) is 2.18. The average molecular weight is 253 g/mol. The molecule has 0 spiro atoms. The Hall–Kier alpha value is -1.06. The molecule has 0 saturated carbocycles. The molecule has 17 heavy (non-hydrogen) atoms.